The van der Waals surface area contributed by atoms with Gasteiger partial charge in [-0.3, -0.25) is 4.90 Å². The van der Waals surface area contributed by atoms with E-state index in [1.165, 1.54) is 38.3 Å². The van der Waals surface area contributed by atoms with Crippen molar-refractivity contribution < 1.29 is 4.74 Å². The largest absolute Gasteiger partial charge is 0.379 e. The van der Waals surface area contributed by atoms with Gasteiger partial charge >= 0.3 is 0 Å². The van der Waals surface area contributed by atoms with Crippen molar-refractivity contribution >= 4 is 5.82 Å². The highest BCUT2D eigenvalue weighted by molar-refractivity contribution is 5.33. The summed E-state index contributed by atoms with van der Waals surface area (Å²) in [4.78, 5) is 10.9. The standard InChI is InChI=1S/C17H25N5O/c18-10-15-11-20-16(12-19-15)21-13-17(4-2-1-3-5-17)14-22-6-8-23-9-7-22/h11-12H,1-9,13-14H2,(H,20,21). The molecule has 1 saturated carbocycles. The average Bonchev–Trinajstić information content (AvgIpc) is 2.62. The van der Waals surface area contributed by atoms with Crippen molar-refractivity contribution in [3.63, 3.8) is 0 Å². The van der Waals surface area contributed by atoms with E-state index in [4.69, 9.17) is 10.00 Å². The van der Waals surface area contributed by atoms with Crippen LogP contribution in [0.5, 0.6) is 0 Å². The number of nitrogens with zero attached hydrogens (tertiary/aromatic N) is 4. The van der Waals surface area contributed by atoms with Gasteiger partial charge in [0.25, 0.3) is 0 Å². The van der Waals surface area contributed by atoms with Gasteiger partial charge in [0.05, 0.1) is 25.6 Å². The molecule has 3 rings (SSSR count). The summed E-state index contributed by atoms with van der Waals surface area (Å²) < 4.78 is 5.47. The van der Waals surface area contributed by atoms with Crippen molar-refractivity contribution in [1.29, 1.82) is 5.26 Å². The Morgan fingerprint density at radius 2 is 1.96 bits per heavy atom. The van der Waals surface area contributed by atoms with E-state index in [2.05, 4.69) is 20.2 Å². The minimum absolute atomic E-state index is 0.311. The van der Waals surface area contributed by atoms with Crippen molar-refractivity contribution in [3.8, 4) is 6.07 Å². The van der Waals surface area contributed by atoms with Crippen molar-refractivity contribution in [1.82, 2.24) is 14.9 Å². The van der Waals surface area contributed by atoms with Gasteiger partial charge in [0.15, 0.2) is 5.69 Å². The summed E-state index contributed by atoms with van der Waals surface area (Å²) in [5.41, 5.74) is 0.668. The number of morpholine rings is 1. The van der Waals surface area contributed by atoms with Crippen molar-refractivity contribution in [3.05, 3.63) is 18.1 Å². The molecule has 124 valence electrons. The van der Waals surface area contributed by atoms with Gasteiger partial charge in [-0.2, -0.15) is 5.26 Å². The quantitative estimate of drug-likeness (QED) is 0.896. The maximum atomic E-state index is 8.80. The fourth-order valence-corrected chi connectivity index (χ4v) is 3.68. The van der Waals surface area contributed by atoms with E-state index >= 15 is 0 Å². The van der Waals surface area contributed by atoms with Gasteiger partial charge in [0, 0.05) is 31.6 Å². The molecule has 23 heavy (non-hydrogen) atoms. The number of rotatable bonds is 5. The third-order valence-corrected chi connectivity index (χ3v) is 4.99. The molecule has 6 nitrogen and oxygen atoms in total. The van der Waals surface area contributed by atoms with E-state index in [0.717, 1.165) is 45.2 Å². The second-order valence-electron chi connectivity index (χ2n) is 6.70. The Kier molecular flexibility index (Phi) is 5.42. The molecule has 0 aromatic carbocycles. The topological polar surface area (TPSA) is 74.1 Å². The molecular formula is C17H25N5O. The fourth-order valence-electron chi connectivity index (χ4n) is 3.68. The molecule has 6 heteroatoms. The van der Waals surface area contributed by atoms with E-state index < -0.39 is 0 Å². The third kappa shape index (κ3) is 4.40. The summed E-state index contributed by atoms with van der Waals surface area (Å²) >= 11 is 0. The summed E-state index contributed by atoms with van der Waals surface area (Å²) in [6, 6.07) is 2.00. The van der Waals surface area contributed by atoms with E-state index in [-0.39, 0.29) is 0 Å². The molecule has 0 atom stereocenters. The highest BCUT2D eigenvalue weighted by Crippen LogP contribution is 2.37. The number of ether oxygens (including phenoxy) is 1. The highest BCUT2D eigenvalue weighted by atomic mass is 16.5. The lowest BCUT2D eigenvalue weighted by Gasteiger charge is -2.42. The first-order valence-electron chi connectivity index (χ1n) is 8.56. The first kappa shape index (κ1) is 16.2. The Hall–Kier alpha value is -1.71. The summed E-state index contributed by atoms with van der Waals surface area (Å²) in [5, 5.41) is 12.3. The van der Waals surface area contributed by atoms with Crippen molar-refractivity contribution in [2.75, 3.05) is 44.7 Å². The molecule has 1 aliphatic heterocycles. The van der Waals surface area contributed by atoms with Crippen LogP contribution in [0.3, 0.4) is 0 Å². The predicted octanol–water partition coefficient (Wildman–Crippen LogP) is 2.04. The summed E-state index contributed by atoms with van der Waals surface area (Å²) in [6.45, 7) is 5.84. The van der Waals surface area contributed by atoms with Crippen LogP contribution in [0.15, 0.2) is 12.4 Å². The molecule has 1 N–H and O–H groups in total. The van der Waals surface area contributed by atoms with Gasteiger partial charge in [-0.1, -0.05) is 19.3 Å². The van der Waals surface area contributed by atoms with Gasteiger partial charge in [0.2, 0.25) is 0 Å². The van der Waals surface area contributed by atoms with E-state index in [9.17, 15) is 0 Å². The molecule has 1 saturated heterocycles. The van der Waals surface area contributed by atoms with Crippen LogP contribution in [-0.4, -0.2) is 54.3 Å². The number of aromatic nitrogens is 2. The van der Waals surface area contributed by atoms with Crippen LogP contribution < -0.4 is 5.32 Å². The Morgan fingerprint density at radius 1 is 1.17 bits per heavy atom. The van der Waals surface area contributed by atoms with E-state index in [1.807, 2.05) is 6.07 Å². The molecule has 0 bridgehead atoms. The summed E-state index contributed by atoms with van der Waals surface area (Å²) in [6.07, 6.45) is 9.68. The van der Waals surface area contributed by atoms with Crippen molar-refractivity contribution in [2.24, 2.45) is 5.41 Å². The minimum Gasteiger partial charge on any atom is -0.379 e. The lowest BCUT2D eigenvalue weighted by molar-refractivity contribution is 0.0102. The number of hydrogen-bond donors (Lipinski definition) is 1. The van der Waals surface area contributed by atoms with Gasteiger partial charge in [-0.25, -0.2) is 9.97 Å². The molecule has 2 aliphatic rings. The lowest BCUT2D eigenvalue weighted by Crippen LogP contribution is -2.47. The number of nitrogens with one attached hydrogen (secondary N) is 1. The zero-order chi connectivity index (χ0) is 16.0. The van der Waals surface area contributed by atoms with E-state index in [0.29, 0.717) is 11.1 Å². The minimum atomic E-state index is 0.311. The van der Waals surface area contributed by atoms with Gasteiger partial charge in [-0.05, 0) is 12.8 Å². The first-order chi connectivity index (χ1) is 11.3. The molecule has 0 unspecified atom stereocenters. The zero-order valence-electron chi connectivity index (χ0n) is 13.6. The lowest BCUT2D eigenvalue weighted by atomic mass is 9.73. The molecular weight excluding hydrogens is 290 g/mol. The molecule has 2 heterocycles. The van der Waals surface area contributed by atoms with Crippen LogP contribution >= 0.6 is 0 Å². The Bertz CT molecular complexity index is 527. The normalized spacial score (nSPS) is 21.5. The van der Waals surface area contributed by atoms with E-state index in [1.54, 1.807) is 6.20 Å². The number of hydrogen-bond acceptors (Lipinski definition) is 6. The molecule has 0 spiro atoms. The van der Waals surface area contributed by atoms with Crippen LogP contribution in [0, 0.1) is 16.7 Å². The van der Waals surface area contributed by atoms with Crippen LogP contribution in [-0.2, 0) is 4.74 Å². The average molecular weight is 315 g/mol. The number of nitriles is 1. The maximum absolute atomic E-state index is 8.80. The SMILES string of the molecule is N#Cc1cnc(NCC2(CN3CCOCC3)CCCCC2)cn1. The fraction of sp³-hybridized carbons (Fsp3) is 0.706. The van der Waals surface area contributed by atoms with Crippen LogP contribution in [0.1, 0.15) is 37.8 Å². The number of anilines is 1. The van der Waals surface area contributed by atoms with Crippen LogP contribution in [0.4, 0.5) is 5.82 Å². The predicted molar refractivity (Wildman–Crippen MR) is 88.0 cm³/mol. The molecule has 1 aromatic heterocycles. The maximum Gasteiger partial charge on any atom is 0.158 e. The molecule has 0 radical (unpaired) electrons. The molecule has 1 aromatic rings. The van der Waals surface area contributed by atoms with Crippen molar-refractivity contribution in [2.45, 2.75) is 32.1 Å². The van der Waals surface area contributed by atoms with Crippen LogP contribution in [0.25, 0.3) is 0 Å². The monoisotopic (exact) mass is 315 g/mol. The second-order valence-corrected chi connectivity index (χ2v) is 6.70. The van der Waals surface area contributed by atoms with Gasteiger partial charge < -0.3 is 10.1 Å². The Balaban J connectivity index is 1.62. The summed E-state index contributed by atoms with van der Waals surface area (Å²) in [7, 11) is 0. The molecule has 0 amide bonds. The highest BCUT2D eigenvalue weighted by Gasteiger charge is 2.34. The third-order valence-electron chi connectivity index (χ3n) is 4.99. The van der Waals surface area contributed by atoms with Gasteiger partial charge in [-0.15, -0.1) is 0 Å². The zero-order valence-corrected chi connectivity index (χ0v) is 13.6. The second kappa shape index (κ2) is 7.71. The smallest absolute Gasteiger partial charge is 0.158 e. The summed E-state index contributed by atoms with van der Waals surface area (Å²) in [5.74, 6) is 0.760. The molecule has 1 aliphatic carbocycles. The van der Waals surface area contributed by atoms with Gasteiger partial charge in [0.1, 0.15) is 11.9 Å². The van der Waals surface area contributed by atoms with Crippen LogP contribution in [0.2, 0.25) is 0 Å². The Morgan fingerprint density at radius 3 is 2.61 bits per heavy atom. The first-order valence-corrected chi connectivity index (χ1v) is 8.56. The Labute approximate surface area is 137 Å². The molecule has 2 fully saturated rings.